The van der Waals surface area contributed by atoms with Gasteiger partial charge in [-0.1, -0.05) is 24.4 Å². The minimum absolute atomic E-state index is 0.217. The molecule has 1 aromatic rings. The fourth-order valence-corrected chi connectivity index (χ4v) is 3.43. The lowest BCUT2D eigenvalue weighted by molar-refractivity contribution is -0.147. The lowest BCUT2D eigenvalue weighted by Gasteiger charge is -2.29. The molecule has 22 heavy (non-hydrogen) atoms. The van der Waals surface area contributed by atoms with Crippen molar-refractivity contribution in [3.05, 3.63) is 16.4 Å². The van der Waals surface area contributed by atoms with Crippen molar-refractivity contribution in [2.24, 2.45) is 5.92 Å². The first kappa shape index (κ1) is 15.3. The molecular formula is C15H20ClN3O3. The number of nitrogens with zero attached hydrogens (tertiary/aromatic N) is 1. The molecule has 0 aromatic carbocycles. The highest BCUT2D eigenvalue weighted by atomic mass is 35.5. The molecule has 0 aliphatic heterocycles. The van der Waals surface area contributed by atoms with Crippen molar-refractivity contribution in [1.82, 2.24) is 15.5 Å². The predicted octanol–water partition coefficient (Wildman–Crippen LogP) is 2.40. The number of esters is 1. The second-order valence-electron chi connectivity index (χ2n) is 6.07. The summed E-state index contributed by atoms with van der Waals surface area (Å²) < 4.78 is 4.84. The van der Waals surface area contributed by atoms with Crippen LogP contribution in [0.3, 0.4) is 0 Å². The van der Waals surface area contributed by atoms with E-state index in [9.17, 15) is 9.59 Å². The smallest absolute Gasteiger partial charge is 0.310 e. The number of halogens is 1. The van der Waals surface area contributed by atoms with Crippen molar-refractivity contribution in [3.63, 3.8) is 0 Å². The highest BCUT2D eigenvalue weighted by Crippen LogP contribution is 2.42. The molecule has 7 heteroatoms. The van der Waals surface area contributed by atoms with Crippen molar-refractivity contribution in [3.8, 4) is 0 Å². The van der Waals surface area contributed by atoms with Crippen LogP contribution < -0.4 is 5.32 Å². The molecule has 0 bridgehead atoms. The number of hydrogen-bond acceptors (Lipinski definition) is 4. The maximum absolute atomic E-state index is 12.4. The highest BCUT2D eigenvalue weighted by molar-refractivity contribution is 6.34. The third kappa shape index (κ3) is 2.97. The van der Waals surface area contributed by atoms with Crippen LogP contribution in [0.25, 0.3) is 0 Å². The molecule has 2 aliphatic carbocycles. The number of carbonyl (C=O) groups excluding carboxylic acids is 2. The summed E-state index contributed by atoms with van der Waals surface area (Å²) in [4.78, 5) is 24.3. The van der Waals surface area contributed by atoms with Gasteiger partial charge in [0, 0.05) is 12.0 Å². The lowest BCUT2D eigenvalue weighted by atomic mass is 9.84. The number of ether oxygens (including phenoxy) is 1. The standard InChI is InChI=1S/C15H20ClN3O3/c1-22-15(21)9-4-2-3-5-10(9)17-14(20)13-11(16)12(18-19-13)8-6-7-8/h8-10H,2-7H2,1H3,(H,17,20)(H,18,19)/t9-,10+/m1/s1. The van der Waals surface area contributed by atoms with Gasteiger partial charge in [0.05, 0.1) is 23.7 Å². The van der Waals surface area contributed by atoms with E-state index < -0.39 is 0 Å². The van der Waals surface area contributed by atoms with E-state index in [-0.39, 0.29) is 29.5 Å². The largest absolute Gasteiger partial charge is 0.469 e. The molecule has 6 nitrogen and oxygen atoms in total. The van der Waals surface area contributed by atoms with Crippen LogP contribution in [-0.4, -0.2) is 35.2 Å². The molecule has 0 saturated heterocycles. The maximum Gasteiger partial charge on any atom is 0.310 e. The monoisotopic (exact) mass is 325 g/mol. The van der Waals surface area contributed by atoms with Crippen LogP contribution in [-0.2, 0) is 9.53 Å². The molecule has 0 radical (unpaired) electrons. The number of aromatic nitrogens is 2. The van der Waals surface area contributed by atoms with Crippen LogP contribution in [0.5, 0.6) is 0 Å². The van der Waals surface area contributed by atoms with Gasteiger partial charge in [-0.15, -0.1) is 0 Å². The number of methoxy groups -OCH3 is 1. The van der Waals surface area contributed by atoms with Gasteiger partial charge in [0.2, 0.25) is 0 Å². The molecule has 1 heterocycles. The van der Waals surface area contributed by atoms with Crippen LogP contribution in [0.15, 0.2) is 0 Å². The van der Waals surface area contributed by atoms with Gasteiger partial charge in [0.15, 0.2) is 5.69 Å². The number of hydrogen-bond donors (Lipinski definition) is 2. The molecule has 0 spiro atoms. The summed E-state index contributed by atoms with van der Waals surface area (Å²) in [5.41, 5.74) is 1.07. The zero-order valence-electron chi connectivity index (χ0n) is 12.5. The Bertz CT molecular complexity index is 583. The molecule has 2 fully saturated rings. The normalized spacial score (nSPS) is 24.8. The van der Waals surface area contributed by atoms with E-state index in [2.05, 4.69) is 15.5 Å². The van der Waals surface area contributed by atoms with Gasteiger partial charge in [-0.05, 0) is 25.7 Å². The Morgan fingerprint density at radius 2 is 2.00 bits per heavy atom. The van der Waals surface area contributed by atoms with Crippen molar-refractivity contribution in [2.75, 3.05) is 7.11 Å². The summed E-state index contributed by atoms with van der Waals surface area (Å²) >= 11 is 6.25. The number of carbonyl (C=O) groups is 2. The van der Waals surface area contributed by atoms with Gasteiger partial charge in [-0.25, -0.2) is 0 Å². The first-order valence-electron chi connectivity index (χ1n) is 7.74. The minimum atomic E-state index is -0.325. The number of aromatic amines is 1. The summed E-state index contributed by atoms with van der Waals surface area (Å²) in [6, 6.07) is -0.217. The Kier molecular flexibility index (Phi) is 4.38. The fraction of sp³-hybridized carbons (Fsp3) is 0.667. The fourth-order valence-electron chi connectivity index (χ4n) is 3.11. The molecule has 1 amide bonds. The molecule has 1 aromatic heterocycles. The van der Waals surface area contributed by atoms with Crippen LogP contribution in [0, 0.1) is 5.92 Å². The summed E-state index contributed by atoms with van der Waals surface area (Å²) in [6.07, 6.45) is 5.62. The van der Waals surface area contributed by atoms with Crippen LogP contribution in [0.1, 0.15) is 60.6 Å². The second-order valence-corrected chi connectivity index (χ2v) is 6.45. The van der Waals surface area contributed by atoms with Crippen LogP contribution >= 0.6 is 11.6 Å². The Morgan fingerprint density at radius 3 is 2.68 bits per heavy atom. The zero-order chi connectivity index (χ0) is 15.7. The van der Waals surface area contributed by atoms with Gasteiger partial charge in [0.1, 0.15) is 0 Å². The minimum Gasteiger partial charge on any atom is -0.469 e. The maximum atomic E-state index is 12.4. The first-order chi connectivity index (χ1) is 10.6. The SMILES string of the molecule is COC(=O)[C@@H]1CCCC[C@@H]1NC(=O)c1n[nH]c(C2CC2)c1Cl. The quantitative estimate of drug-likeness (QED) is 0.833. The van der Waals surface area contributed by atoms with Gasteiger partial charge in [0.25, 0.3) is 5.91 Å². The lowest BCUT2D eigenvalue weighted by Crippen LogP contribution is -2.45. The average Bonchev–Trinajstić information content (AvgIpc) is 3.29. The van der Waals surface area contributed by atoms with Gasteiger partial charge >= 0.3 is 5.97 Å². The summed E-state index contributed by atoms with van der Waals surface area (Å²) in [6.45, 7) is 0. The zero-order valence-corrected chi connectivity index (χ0v) is 13.3. The highest BCUT2D eigenvalue weighted by Gasteiger charge is 2.35. The van der Waals surface area contributed by atoms with E-state index in [1.165, 1.54) is 7.11 Å². The molecule has 2 atom stereocenters. The predicted molar refractivity (Wildman–Crippen MR) is 80.8 cm³/mol. The number of amides is 1. The Balaban J connectivity index is 1.71. The van der Waals surface area contributed by atoms with Crippen molar-refractivity contribution in [2.45, 2.75) is 50.5 Å². The van der Waals surface area contributed by atoms with E-state index in [1.54, 1.807) is 0 Å². The van der Waals surface area contributed by atoms with Crippen molar-refractivity contribution >= 4 is 23.5 Å². The van der Waals surface area contributed by atoms with Crippen molar-refractivity contribution in [1.29, 1.82) is 0 Å². The summed E-state index contributed by atoms with van der Waals surface area (Å²) in [5, 5.41) is 10.2. The molecule has 0 unspecified atom stereocenters. The Hall–Kier alpha value is -1.56. The Morgan fingerprint density at radius 1 is 1.27 bits per heavy atom. The molecular weight excluding hydrogens is 306 g/mol. The number of nitrogens with one attached hydrogen (secondary N) is 2. The number of H-pyrrole nitrogens is 1. The van der Waals surface area contributed by atoms with Crippen molar-refractivity contribution < 1.29 is 14.3 Å². The summed E-state index contributed by atoms with van der Waals surface area (Å²) in [7, 11) is 1.38. The third-order valence-corrected chi connectivity index (χ3v) is 4.90. The van der Waals surface area contributed by atoms with E-state index in [4.69, 9.17) is 16.3 Å². The van der Waals surface area contributed by atoms with Crippen LogP contribution in [0.2, 0.25) is 5.02 Å². The molecule has 2 aliphatic rings. The first-order valence-corrected chi connectivity index (χ1v) is 8.12. The van der Waals surface area contributed by atoms with Gasteiger partial charge in [-0.3, -0.25) is 14.7 Å². The van der Waals surface area contributed by atoms with E-state index in [0.29, 0.717) is 10.9 Å². The number of rotatable bonds is 4. The second kappa shape index (κ2) is 6.28. The third-order valence-electron chi connectivity index (χ3n) is 4.52. The average molecular weight is 326 g/mol. The van der Waals surface area contributed by atoms with Crippen LogP contribution in [0.4, 0.5) is 0 Å². The molecule has 2 N–H and O–H groups in total. The topological polar surface area (TPSA) is 84.1 Å². The van der Waals surface area contributed by atoms with Gasteiger partial charge < -0.3 is 10.1 Å². The molecule has 3 rings (SSSR count). The summed E-state index contributed by atoms with van der Waals surface area (Å²) in [5.74, 6) is -0.479. The Labute approximate surface area is 133 Å². The van der Waals surface area contributed by atoms with E-state index in [0.717, 1.165) is 44.2 Å². The molecule has 2 saturated carbocycles. The van der Waals surface area contributed by atoms with Gasteiger partial charge in [-0.2, -0.15) is 5.10 Å². The van der Waals surface area contributed by atoms with E-state index in [1.807, 2.05) is 0 Å². The van der Waals surface area contributed by atoms with E-state index >= 15 is 0 Å². The molecule has 120 valence electrons.